The molecular formula is C16H16FNO3. The van der Waals surface area contributed by atoms with Crippen molar-refractivity contribution in [2.75, 3.05) is 18.5 Å². The molecule has 0 aliphatic rings. The van der Waals surface area contributed by atoms with Gasteiger partial charge in [-0.05, 0) is 36.8 Å². The topological polar surface area (TPSA) is 58.6 Å². The Bertz CT molecular complexity index is 643. The van der Waals surface area contributed by atoms with Gasteiger partial charge in [-0.25, -0.2) is 9.18 Å². The molecule has 0 fully saturated rings. The number of hydrogen-bond acceptors (Lipinski definition) is 3. The first-order chi connectivity index (χ1) is 10.1. The van der Waals surface area contributed by atoms with Gasteiger partial charge in [-0.15, -0.1) is 0 Å². The molecule has 0 aliphatic heterocycles. The van der Waals surface area contributed by atoms with Crippen molar-refractivity contribution in [3.63, 3.8) is 0 Å². The van der Waals surface area contributed by atoms with Crippen molar-refractivity contribution < 1.29 is 19.0 Å². The summed E-state index contributed by atoms with van der Waals surface area (Å²) >= 11 is 0. The van der Waals surface area contributed by atoms with Gasteiger partial charge >= 0.3 is 5.97 Å². The van der Waals surface area contributed by atoms with Crippen LogP contribution in [0.25, 0.3) is 0 Å². The van der Waals surface area contributed by atoms with Crippen LogP contribution in [0.1, 0.15) is 15.9 Å². The summed E-state index contributed by atoms with van der Waals surface area (Å²) in [4.78, 5) is 11.0. The smallest absolute Gasteiger partial charge is 0.339 e. The monoisotopic (exact) mass is 289 g/mol. The standard InChI is InChI=1S/C16H16FNO3/c1-11-6-7-12(10-14(11)17)18-8-9-21-15-5-3-2-4-13(15)16(19)20/h2-7,10,18H,8-9H2,1H3,(H,19,20). The number of carboxylic acid groups (broad SMARTS) is 1. The number of nitrogens with one attached hydrogen (secondary N) is 1. The van der Waals surface area contributed by atoms with Crippen molar-refractivity contribution in [1.82, 2.24) is 0 Å². The molecule has 0 amide bonds. The van der Waals surface area contributed by atoms with Crippen LogP contribution < -0.4 is 10.1 Å². The van der Waals surface area contributed by atoms with Gasteiger partial charge in [-0.2, -0.15) is 0 Å². The van der Waals surface area contributed by atoms with E-state index >= 15 is 0 Å². The zero-order valence-electron chi connectivity index (χ0n) is 11.6. The van der Waals surface area contributed by atoms with E-state index in [1.165, 1.54) is 12.1 Å². The van der Waals surface area contributed by atoms with E-state index in [4.69, 9.17) is 9.84 Å². The van der Waals surface area contributed by atoms with Gasteiger partial charge in [0.1, 0.15) is 23.7 Å². The van der Waals surface area contributed by atoms with Crippen LogP contribution in [0.3, 0.4) is 0 Å². The molecule has 0 heterocycles. The maximum absolute atomic E-state index is 13.4. The summed E-state index contributed by atoms with van der Waals surface area (Å²) in [6.07, 6.45) is 0. The van der Waals surface area contributed by atoms with Crippen LogP contribution in [-0.4, -0.2) is 24.2 Å². The Balaban J connectivity index is 1.87. The average Bonchev–Trinajstić information content (AvgIpc) is 2.47. The van der Waals surface area contributed by atoms with Crippen LogP contribution in [0.15, 0.2) is 42.5 Å². The van der Waals surface area contributed by atoms with Gasteiger partial charge in [0.25, 0.3) is 0 Å². The molecule has 2 aromatic carbocycles. The molecule has 0 radical (unpaired) electrons. The number of ether oxygens (including phenoxy) is 1. The van der Waals surface area contributed by atoms with Crippen molar-refractivity contribution in [3.8, 4) is 5.75 Å². The second kappa shape index (κ2) is 6.74. The lowest BCUT2D eigenvalue weighted by molar-refractivity contribution is 0.0692. The highest BCUT2D eigenvalue weighted by atomic mass is 19.1. The van der Waals surface area contributed by atoms with Crippen LogP contribution >= 0.6 is 0 Å². The highest BCUT2D eigenvalue weighted by Gasteiger charge is 2.09. The third kappa shape index (κ3) is 3.95. The summed E-state index contributed by atoms with van der Waals surface area (Å²) < 4.78 is 18.8. The maximum Gasteiger partial charge on any atom is 0.339 e. The summed E-state index contributed by atoms with van der Waals surface area (Å²) in [5.74, 6) is -0.974. The van der Waals surface area contributed by atoms with E-state index in [0.717, 1.165) is 0 Å². The van der Waals surface area contributed by atoms with Crippen molar-refractivity contribution >= 4 is 11.7 Å². The van der Waals surface area contributed by atoms with E-state index in [1.807, 2.05) is 0 Å². The molecule has 0 aromatic heterocycles. The van der Waals surface area contributed by atoms with Gasteiger partial charge in [0.2, 0.25) is 0 Å². The van der Waals surface area contributed by atoms with E-state index in [9.17, 15) is 9.18 Å². The molecule has 0 saturated heterocycles. The molecule has 0 aliphatic carbocycles. The Morgan fingerprint density at radius 2 is 2.05 bits per heavy atom. The van der Waals surface area contributed by atoms with Gasteiger partial charge in [0.05, 0.1) is 0 Å². The molecule has 0 saturated carbocycles. The molecule has 0 spiro atoms. The van der Waals surface area contributed by atoms with Crippen molar-refractivity contribution in [1.29, 1.82) is 0 Å². The fraction of sp³-hybridized carbons (Fsp3) is 0.188. The Kier molecular flexibility index (Phi) is 4.77. The number of aryl methyl sites for hydroxylation is 1. The fourth-order valence-electron chi connectivity index (χ4n) is 1.83. The number of hydrogen-bond donors (Lipinski definition) is 2. The summed E-state index contributed by atoms with van der Waals surface area (Å²) in [5.41, 5.74) is 1.37. The van der Waals surface area contributed by atoms with E-state index in [0.29, 0.717) is 23.5 Å². The van der Waals surface area contributed by atoms with Crippen LogP contribution in [0, 0.1) is 12.7 Å². The molecular weight excluding hydrogens is 273 g/mol. The number of anilines is 1. The lowest BCUT2D eigenvalue weighted by Crippen LogP contribution is -2.13. The summed E-state index contributed by atoms with van der Waals surface area (Å²) in [6.45, 7) is 2.42. The molecule has 4 nitrogen and oxygen atoms in total. The van der Waals surface area contributed by atoms with Crippen molar-refractivity contribution in [2.45, 2.75) is 6.92 Å². The predicted octanol–water partition coefficient (Wildman–Crippen LogP) is 3.32. The summed E-state index contributed by atoms with van der Waals surface area (Å²) in [5, 5.41) is 12.0. The van der Waals surface area contributed by atoms with Crippen LogP contribution in [0.2, 0.25) is 0 Å². The van der Waals surface area contributed by atoms with Crippen molar-refractivity contribution in [2.24, 2.45) is 0 Å². The number of aromatic carboxylic acids is 1. The Labute approximate surface area is 122 Å². The quantitative estimate of drug-likeness (QED) is 0.801. The van der Waals surface area contributed by atoms with Gasteiger partial charge in [0, 0.05) is 12.2 Å². The van der Waals surface area contributed by atoms with Gasteiger partial charge in [0.15, 0.2) is 0 Å². The van der Waals surface area contributed by atoms with Crippen LogP contribution in [-0.2, 0) is 0 Å². The van der Waals surface area contributed by atoms with E-state index in [1.54, 1.807) is 37.3 Å². The predicted molar refractivity (Wildman–Crippen MR) is 78.5 cm³/mol. The average molecular weight is 289 g/mol. The summed E-state index contributed by atoms with van der Waals surface area (Å²) in [7, 11) is 0. The van der Waals surface area contributed by atoms with Crippen LogP contribution in [0.4, 0.5) is 10.1 Å². The molecule has 0 bridgehead atoms. The Morgan fingerprint density at radius 1 is 1.29 bits per heavy atom. The van der Waals surface area contributed by atoms with Gasteiger partial charge in [-0.1, -0.05) is 18.2 Å². The van der Waals surface area contributed by atoms with E-state index < -0.39 is 5.97 Å². The van der Waals surface area contributed by atoms with E-state index in [-0.39, 0.29) is 18.0 Å². The minimum absolute atomic E-state index is 0.124. The molecule has 5 heteroatoms. The molecule has 2 aromatic rings. The molecule has 21 heavy (non-hydrogen) atoms. The molecule has 0 unspecified atom stereocenters. The highest BCUT2D eigenvalue weighted by molar-refractivity contribution is 5.90. The Hall–Kier alpha value is -2.56. The first-order valence-corrected chi connectivity index (χ1v) is 6.53. The van der Waals surface area contributed by atoms with E-state index in [2.05, 4.69) is 5.32 Å². The first-order valence-electron chi connectivity index (χ1n) is 6.53. The second-order valence-electron chi connectivity index (χ2n) is 4.54. The lowest BCUT2D eigenvalue weighted by atomic mass is 10.2. The molecule has 110 valence electrons. The number of rotatable bonds is 6. The zero-order valence-corrected chi connectivity index (χ0v) is 11.6. The minimum Gasteiger partial charge on any atom is -0.491 e. The van der Waals surface area contributed by atoms with Crippen molar-refractivity contribution in [3.05, 3.63) is 59.4 Å². The minimum atomic E-state index is -1.03. The van der Waals surface area contributed by atoms with Gasteiger partial charge < -0.3 is 15.2 Å². The second-order valence-corrected chi connectivity index (χ2v) is 4.54. The molecule has 0 atom stereocenters. The first kappa shape index (κ1) is 14.8. The number of carbonyl (C=O) groups is 1. The Morgan fingerprint density at radius 3 is 2.76 bits per heavy atom. The molecule has 2 rings (SSSR count). The number of halogens is 1. The largest absolute Gasteiger partial charge is 0.491 e. The number of benzene rings is 2. The fourth-order valence-corrected chi connectivity index (χ4v) is 1.83. The van der Waals surface area contributed by atoms with Gasteiger partial charge in [-0.3, -0.25) is 0 Å². The summed E-state index contributed by atoms with van der Waals surface area (Å²) in [6, 6.07) is 11.3. The van der Waals surface area contributed by atoms with Crippen LogP contribution in [0.5, 0.6) is 5.75 Å². The highest BCUT2D eigenvalue weighted by Crippen LogP contribution is 2.18. The number of carboxylic acids is 1. The molecule has 2 N–H and O–H groups in total. The normalized spacial score (nSPS) is 10.2. The lowest BCUT2D eigenvalue weighted by Gasteiger charge is -2.10. The number of para-hydroxylation sites is 1. The zero-order chi connectivity index (χ0) is 15.2. The third-order valence-electron chi connectivity index (χ3n) is 2.98. The SMILES string of the molecule is Cc1ccc(NCCOc2ccccc2C(=O)O)cc1F. The third-order valence-corrected chi connectivity index (χ3v) is 2.98. The maximum atomic E-state index is 13.4.